The van der Waals surface area contributed by atoms with E-state index in [1.54, 1.807) is 49.6 Å². The Kier molecular flexibility index (Phi) is 10.1. The molecule has 0 aliphatic carbocycles. The predicted molar refractivity (Wildman–Crippen MR) is 181 cm³/mol. The van der Waals surface area contributed by atoms with Crippen LogP contribution in [0.4, 0.5) is 19.3 Å². The summed E-state index contributed by atoms with van der Waals surface area (Å²) in [7, 11) is 4.78. The van der Waals surface area contributed by atoms with Crippen molar-refractivity contribution in [2.45, 2.75) is 13.1 Å². The highest BCUT2D eigenvalue weighted by atomic mass is 32.1. The number of urea groups is 1. The topological polar surface area (TPSA) is 125 Å². The van der Waals surface area contributed by atoms with Gasteiger partial charge in [-0.3, -0.25) is 19.1 Å². The van der Waals surface area contributed by atoms with Crippen LogP contribution in [0, 0.1) is 11.6 Å². The number of methoxy groups -OCH3 is 1. The molecule has 0 bridgehead atoms. The van der Waals surface area contributed by atoms with Crippen LogP contribution in [0.25, 0.3) is 26.3 Å². The molecular weight excluding hydrogens is 660 g/mol. The smallest absolute Gasteiger partial charge is 0.343 e. The number of ether oxygens (including phenoxy) is 3. The summed E-state index contributed by atoms with van der Waals surface area (Å²) >= 11 is 1.17. The van der Waals surface area contributed by atoms with E-state index in [0.717, 1.165) is 16.7 Å². The van der Waals surface area contributed by atoms with Crippen molar-refractivity contribution in [1.29, 1.82) is 0 Å². The molecule has 3 aromatic carbocycles. The minimum atomic E-state index is -0.825. The number of carbonyl (C=O) groups is 1. The highest BCUT2D eigenvalue weighted by Crippen LogP contribution is 2.39. The average Bonchev–Trinajstić information content (AvgIpc) is 3.46. The monoisotopic (exact) mass is 693 g/mol. The van der Waals surface area contributed by atoms with Gasteiger partial charge >= 0.3 is 11.7 Å². The van der Waals surface area contributed by atoms with Gasteiger partial charge in [0.25, 0.3) is 5.56 Å². The molecule has 15 heteroatoms. The number of nitrogens with one attached hydrogen (secondary N) is 2. The van der Waals surface area contributed by atoms with Crippen LogP contribution in [0.3, 0.4) is 0 Å². The van der Waals surface area contributed by atoms with Gasteiger partial charge in [0.1, 0.15) is 29.7 Å². The molecule has 0 saturated heterocycles. The quantitative estimate of drug-likeness (QED) is 0.190. The SMILES string of the molecule is COCCN(C)Cc1c(-c2ccc(NC(=O)NOC)cc2)sc2c1c(=O)n(-c1ccc3c(c1)OCCO3)c(=O)n2Cc1c(F)cccc1F. The van der Waals surface area contributed by atoms with Crippen LogP contribution in [-0.2, 0) is 22.7 Å². The summed E-state index contributed by atoms with van der Waals surface area (Å²) in [5, 5.41) is 2.87. The van der Waals surface area contributed by atoms with Gasteiger partial charge in [-0.05, 0) is 54.6 Å². The first kappa shape index (κ1) is 33.8. The van der Waals surface area contributed by atoms with Crippen LogP contribution >= 0.6 is 11.3 Å². The van der Waals surface area contributed by atoms with E-state index in [4.69, 9.17) is 14.2 Å². The second-order valence-electron chi connectivity index (χ2n) is 11.2. The maximum Gasteiger partial charge on any atom is 0.343 e. The van der Waals surface area contributed by atoms with Crippen molar-refractivity contribution in [1.82, 2.24) is 19.5 Å². The number of thiophene rings is 1. The van der Waals surface area contributed by atoms with Gasteiger partial charge in [-0.2, -0.15) is 0 Å². The Hall–Kier alpha value is -5.09. The Morgan fingerprint density at radius 3 is 2.39 bits per heavy atom. The number of likely N-dealkylation sites (N-methyl/N-ethyl adjacent to an activating group) is 1. The van der Waals surface area contributed by atoms with Crippen molar-refractivity contribution in [2.24, 2.45) is 0 Å². The third kappa shape index (κ3) is 6.91. The van der Waals surface area contributed by atoms with Crippen LogP contribution in [0.5, 0.6) is 11.5 Å². The van der Waals surface area contributed by atoms with E-state index >= 15 is 8.78 Å². The molecule has 0 saturated carbocycles. The number of benzene rings is 3. The maximum atomic E-state index is 15.1. The highest BCUT2D eigenvalue weighted by Gasteiger charge is 2.26. The number of hydroxylamine groups is 1. The lowest BCUT2D eigenvalue weighted by Gasteiger charge is -2.20. The van der Waals surface area contributed by atoms with Gasteiger partial charge in [0.2, 0.25) is 0 Å². The Balaban J connectivity index is 1.61. The molecule has 1 aliphatic rings. The third-order valence-corrected chi connectivity index (χ3v) is 9.24. The lowest BCUT2D eigenvalue weighted by atomic mass is 10.1. The molecule has 0 fully saturated rings. The number of rotatable bonds is 11. The van der Waals surface area contributed by atoms with Crippen molar-refractivity contribution in [3.05, 3.63) is 104 Å². The van der Waals surface area contributed by atoms with Crippen molar-refractivity contribution < 1.29 is 32.6 Å². The molecule has 2 N–H and O–H groups in total. The highest BCUT2D eigenvalue weighted by molar-refractivity contribution is 7.22. The minimum absolute atomic E-state index is 0.208. The van der Waals surface area contributed by atoms with Gasteiger partial charge in [-0.1, -0.05) is 18.2 Å². The number of halogens is 2. The molecule has 0 unspecified atom stereocenters. The molecule has 5 aromatic rings. The zero-order valence-corrected chi connectivity index (χ0v) is 27.7. The molecule has 0 atom stereocenters. The lowest BCUT2D eigenvalue weighted by molar-refractivity contribution is 0.114. The van der Waals surface area contributed by atoms with Crippen LogP contribution in [0.1, 0.15) is 11.1 Å². The molecule has 1 aliphatic heterocycles. The molecular formula is C34H33F2N5O7S. The number of amides is 2. The standard InChI is InChI=1S/C34H33F2N5O7S/c1-39(13-14-45-2)18-24-29-31(42)41(22-11-12-27-28(17-22)48-16-15-47-27)34(44)40(19-23-25(35)5-4-6-26(23)36)32(29)49-30(24)20-7-9-21(10-8-20)37-33(43)38-46-3/h4-12,17H,13-16,18-19H2,1-3H3,(H2,37,38,43). The van der Waals surface area contributed by atoms with Crippen molar-refractivity contribution in [2.75, 3.05) is 52.9 Å². The average molecular weight is 694 g/mol. The van der Waals surface area contributed by atoms with Crippen molar-refractivity contribution in [3.8, 4) is 27.6 Å². The van der Waals surface area contributed by atoms with Gasteiger partial charge < -0.3 is 19.5 Å². The number of hydrogen-bond acceptors (Lipinski definition) is 9. The zero-order chi connectivity index (χ0) is 34.7. The van der Waals surface area contributed by atoms with E-state index in [9.17, 15) is 14.4 Å². The fourth-order valence-corrected chi connectivity index (χ4v) is 6.89. The molecule has 2 amide bonds. The van der Waals surface area contributed by atoms with E-state index in [2.05, 4.69) is 15.6 Å². The Bertz CT molecular complexity index is 2110. The summed E-state index contributed by atoms with van der Waals surface area (Å²) in [5.41, 5.74) is 2.46. The molecule has 0 spiro atoms. The van der Waals surface area contributed by atoms with Gasteiger partial charge in [0.15, 0.2) is 11.5 Å². The summed E-state index contributed by atoms with van der Waals surface area (Å²) in [6.45, 7) is 1.40. The Morgan fingerprint density at radius 1 is 0.980 bits per heavy atom. The first-order valence-corrected chi connectivity index (χ1v) is 16.0. The fourth-order valence-electron chi connectivity index (χ4n) is 5.58. The van der Waals surface area contributed by atoms with Gasteiger partial charge in [0.05, 0.1) is 31.3 Å². The first-order valence-electron chi connectivity index (χ1n) is 15.2. The van der Waals surface area contributed by atoms with E-state index < -0.39 is 35.5 Å². The predicted octanol–water partition coefficient (Wildman–Crippen LogP) is 4.74. The number of carbonyl (C=O) groups excluding carboxylic acids is 1. The molecule has 49 heavy (non-hydrogen) atoms. The number of aromatic nitrogens is 2. The molecule has 12 nitrogen and oxygen atoms in total. The van der Waals surface area contributed by atoms with Crippen molar-refractivity contribution in [3.63, 3.8) is 0 Å². The van der Waals surface area contributed by atoms with Crippen LogP contribution in [0.2, 0.25) is 0 Å². The van der Waals surface area contributed by atoms with Crippen LogP contribution < -0.4 is 31.5 Å². The van der Waals surface area contributed by atoms with Crippen LogP contribution in [0.15, 0.2) is 70.3 Å². The second kappa shape index (κ2) is 14.6. The van der Waals surface area contributed by atoms with Gasteiger partial charge in [0, 0.05) is 42.4 Å². The molecule has 0 radical (unpaired) electrons. The molecule has 6 rings (SSSR count). The normalized spacial score (nSPS) is 12.4. The number of anilines is 1. The minimum Gasteiger partial charge on any atom is -0.486 e. The molecule has 2 aromatic heterocycles. The zero-order valence-electron chi connectivity index (χ0n) is 26.9. The summed E-state index contributed by atoms with van der Waals surface area (Å²) < 4.78 is 49.0. The summed E-state index contributed by atoms with van der Waals surface area (Å²) in [4.78, 5) is 48.4. The van der Waals surface area contributed by atoms with E-state index in [0.29, 0.717) is 59.6 Å². The van der Waals surface area contributed by atoms with E-state index in [1.165, 1.54) is 29.1 Å². The Morgan fingerprint density at radius 2 is 1.69 bits per heavy atom. The van der Waals surface area contributed by atoms with E-state index in [1.807, 2.05) is 11.9 Å². The molecule has 3 heterocycles. The van der Waals surface area contributed by atoms with E-state index in [-0.39, 0.29) is 28.0 Å². The summed E-state index contributed by atoms with van der Waals surface area (Å²) in [6, 6.07) is 14.5. The van der Waals surface area contributed by atoms with Crippen LogP contribution in [-0.4, -0.2) is 67.7 Å². The number of hydrogen-bond donors (Lipinski definition) is 2. The van der Waals surface area contributed by atoms with Gasteiger partial charge in [-0.15, -0.1) is 11.3 Å². The largest absolute Gasteiger partial charge is 0.486 e. The number of fused-ring (bicyclic) bond motifs is 2. The van der Waals surface area contributed by atoms with Gasteiger partial charge in [-0.25, -0.2) is 28.4 Å². The maximum absolute atomic E-state index is 15.1. The lowest BCUT2D eigenvalue weighted by Crippen LogP contribution is -2.39. The van der Waals surface area contributed by atoms with Crippen molar-refractivity contribution >= 4 is 33.3 Å². The Labute approximate surface area is 283 Å². The fraction of sp³-hybridized carbons (Fsp3) is 0.265. The molecule has 256 valence electrons. The summed E-state index contributed by atoms with van der Waals surface area (Å²) in [5.74, 6) is -0.822. The second-order valence-corrected chi connectivity index (χ2v) is 12.2. The third-order valence-electron chi connectivity index (χ3n) is 7.94. The summed E-state index contributed by atoms with van der Waals surface area (Å²) in [6.07, 6.45) is 0. The first-order chi connectivity index (χ1) is 23.7. The number of nitrogens with zero attached hydrogens (tertiary/aromatic N) is 3.